The second kappa shape index (κ2) is 7.81. The molecule has 0 atom stereocenters. The van der Waals surface area contributed by atoms with E-state index in [4.69, 9.17) is 10.7 Å². The number of nitrogen functional groups attached to an aromatic ring is 1. The second-order valence-electron chi connectivity index (χ2n) is 6.67. The SMILES string of the molecule is Cc1ccc(-c2nc(NC(=O)c3nccnc3N)sc2-c2ccc(C)cc2)cc1. The van der Waals surface area contributed by atoms with Crippen molar-refractivity contribution >= 4 is 28.2 Å². The molecule has 1 amide bonds. The molecule has 7 heteroatoms. The van der Waals surface area contributed by atoms with Gasteiger partial charge in [0.25, 0.3) is 5.91 Å². The summed E-state index contributed by atoms with van der Waals surface area (Å²) in [5.74, 6) is -0.352. The molecule has 0 bridgehead atoms. The molecule has 0 saturated heterocycles. The van der Waals surface area contributed by atoms with E-state index in [1.807, 2.05) is 38.1 Å². The maximum Gasteiger partial charge on any atom is 0.279 e. The minimum Gasteiger partial charge on any atom is -0.382 e. The topological polar surface area (TPSA) is 93.8 Å². The first-order valence-corrected chi connectivity index (χ1v) is 9.85. The molecule has 2 aromatic carbocycles. The Morgan fingerprint density at radius 2 is 1.48 bits per heavy atom. The number of benzene rings is 2. The lowest BCUT2D eigenvalue weighted by Gasteiger charge is -2.04. The van der Waals surface area contributed by atoms with Crippen molar-refractivity contribution in [2.45, 2.75) is 13.8 Å². The van der Waals surface area contributed by atoms with Crippen LogP contribution in [0.25, 0.3) is 21.7 Å². The largest absolute Gasteiger partial charge is 0.382 e. The molecule has 0 aliphatic heterocycles. The van der Waals surface area contributed by atoms with Crippen LogP contribution in [-0.2, 0) is 0 Å². The molecule has 144 valence electrons. The Labute approximate surface area is 172 Å². The molecular weight excluding hydrogens is 382 g/mol. The molecule has 0 radical (unpaired) electrons. The minimum absolute atomic E-state index is 0.0801. The number of rotatable bonds is 4. The Bertz CT molecular complexity index is 1100. The lowest BCUT2D eigenvalue weighted by molar-refractivity contribution is 0.102. The van der Waals surface area contributed by atoms with Gasteiger partial charge in [0.05, 0.1) is 10.6 Å². The Morgan fingerprint density at radius 3 is 2.10 bits per heavy atom. The molecule has 0 aliphatic carbocycles. The number of thiazole rings is 1. The summed E-state index contributed by atoms with van der Waals surface area (Å²) < 4.78 is 0. The van der Waals surface area contributed by atoms with Gasteiger partial charge < -0.3 is 5.73 Å². The van der Waals surface area contributed by atoms with Gasteiger partial charge in [-0.25, -0.2) is 15.0 Å². The summed E-state index contributed by atoms with van der Waals surface area (Å²) in [7, 11) is 0. The molecular formula is C22H19N5OS. The van der Waals surface area contributed by atoms with E-state index in [1.54, 1.807) is 0 Å². The first-order valence-electron chi connectivity index (χ1n) is 9.04. The number of hydrogen-bond acceptors (Lipinski definition) is 6. The summed E-state index contributed by atoms with van der Waals surface area (Å²) in [6, 6.07) is 16.4. The summed E-state index contributed by atoms with van der Waals surface area (Å²) in [6.07, 6.45) is 2.88. The van der Waals surface area contributed by atoms with Gasteiger partial charge in [-0.15, -0.1) is 0 Å². The normalized spacial score (nSPS) is 10.7. The number of carbonyl (C=O) groups is 1. The van der Waals surface area contributed by atoms with Gasteiger partial charge in [-0.05, 0) is 19.4 Å². The van der Waals surface area contributed by atoms with Gasteiger partial charge in [0.15, 0.2) is 16.6 Å². The molecule has 0 unspecified atom stereocenters. The Morgan fingerprint density at radius 1 is 0.897 bits per heavy atom. The minimum atomic E-state index is -0.435. The third-order valence-electron chi connectivity index (χ3n) is 4.43. The zero-order valence-corrected chi connectivity index (χ0v) is 16.8. The molecule has 29 heavy (non-hydrogen) atoms. The number of aromatic nitrogens is 3. The zero-order chi connectivity index (χ0) is 20.4. The quantitative estimate of drug-likeness (QED) is 0.516. The summed E-state index contributed by atoms with van der Waals surface area (Å²) in [5, 5.41) is 3.29. The fraction of sp³-hybridized carbons (Fsp3) is 0.0909. The van der Waals surface area contributed by atoms with Crippen LogP contribution in [0.1, 0.15) is 21.6 Å². The third kappa shape index (κ3) is 4.00. The predicted molar refractivity (Wildman–Crippen MR) is 117 cm³/mol. The van der Waals surface area contributed by atoms with Crippen LogP contribution < -0.4 is 11.1 Å². The van der Waals surface area contributed by atoms with Crippen LogP contribution in [0, 0.1) is 13.8 Å². The summed E-state index contributed by atoms with van der Waals surface area (Å²) in [4.78, 5) is 26.2. The van der Waals surface area contributed by atoms with Gasteiger partial charge in [-0.3, -0.25) is 10.1 Å². The number of nitrogens with one attached hydrogen (secondary N) is 1. The highest BCUT2D eigenvalue weighted by molar-refractivity contribution is 7.19. The number of aryl methyl sites for hydroxylation is 2. The standard InChI is InChI=1S/C22H19N5OS/c1-13-3-7-15(8-4-13)17-19(16-9-5-14(2)6-10-16)29-22(26-17)27-21(28)18-20(23)25-12-11-24-18/h3-12H,1-2H3,(H2,23,25)(H,26,27,28). The molecule has 3 N–H and O–H groups in total. The number of anilines is 2. The van der Waals surface area contributed by atoms with Crippen LogP contribution in [0.5, 0.6) is 0 Å². The predicted octanol–water partition coefficient (Wildman–Crippen LogP) is 4.72. The van der Waals surface area contributed by atoms with E-state index in [0.29, 0.717) is 5.13 Å². The molecule has 0 fully saturated rings. The molecule has 0 saturated carbocycles. The number of nitrogens with two attached hydrogens (primary N) is 1. The van der Waals surface area contributed by atoms with Gasteiger partial charge in [-0.2, -0.15) is 0 Å². The van der Waals surface area contributed by atoms with Gasteiger partial charge in [0.1, 0.15) is 0 Å². The zero-order valence-electron chi connectivity index (χ0n) is 16.0. The van der Waals surface area contributed by atoms with E-state index in [-0.39, 0.29) is 11.5 Å². The van der Waals surface area contributed by atoms with E-state index in [9.17, 15) is 4.79 Å². The molecule has 4 rings (SSSR count). The van der Waals surface area contributed by atoms with Crippen LogP contribution in [0.4, 0.5) is 10.9 Å². The van der Waals surface area contributed by atoms with Crippen molar-refractivity contribution in [2.24, 2.45) is 0 Å². The number of amides is 1. The Hall–Kier alpha value is -3.58. The van der Waals surface area contributed by atoms with Crippen molar-refractivity contribution in [2.75, 3.05) is 11.1 Å². The monoisotopic (exact) mass is 401 g/mol. The molecule has 2 aromatic heterocycles. The Kier molecular flexibility index (Phi) is 5.05. The maximum absolute atomic E-state index is 12.6. The fourth-order valence-corrected chi connectivity index (χ4v) is 3.85. The molecule has 0 aliphatic rings. The van der Waals surface area contributed by atoms with E-state index >= 15 is 0 Å². The average molecular weight is 401 g/mol. The van der Waals surface area contributed by atoms with Crippen LogP contribution in [0.3, 0.4) is 0 Å². The van der Waals surface area contributed by atoms with E-state index in [2.05, 4.69) is 39.6 Å². The third-order valence-corrected chi connectivity index (χ3v) is 5.45. The smallest absolute Gasteiger partial charge is 0.279 e. The summed E-state index contributed by atoms with van der Waals surface area (Å²) >= 11 is 1.41. The maximum atomic E-state index is 12.6. The lowest BCUT2D eigenvalue weighted by Crippen LogP contribution is -2.16. The lowest BCUT2D eigenvalue weighted by atomic mass is 10.0. The second-order valence-corrected chi connectivity index (χ2v) is 7.67. The highest BCUT2D eigenvalue weighted by Gasteiger charge is 2.19. The number of carbonyl (C=O) groups excluding carboxylic acids is 1. The molecule has 6 nitrogen and oxygen atoms in total. The molecule has 0 spiro atoms. The van der Waals surface area contributed by atoms with Gasteiger partial charge in [0, 0.05) is 18.0 Å². The molecule has 4 aromatic rings. The van der Waals surface area contributed by atoms with Crippen molar-refractivity contribution < 1.29 is 4.79 Å². The van der Waals surface area contributed by atoms with Gasteiger partial charge in [0.2, 0.25) is 0 Å². The van der Waals surface area contributed by atoms with Crippen molar-refractivity contribution in [3.63, 3.8) is 0 Å². The average Bonchev–Trinajstić information content (AvgIpc) is 3.13. The van der Waals surface area contributed by atoms with Gasteiger partial charge >= 0.3 is 0 Å². The Balaban J connectivity index is 1.75. The number of nitrogens with zero attached hydrogens (tertiary/aromatic N) is 3. The van der Waals surface area contributed by atoms with E-state index in [1.165, 1.54) is 34.9 Å². The van der Waals surface area contributed by atoms with Crippen LogP contribution in [0.15, 0.2) is 60.9 Å². The first-order chi connectivity index (χ1) is 14.0. The highest BCUT2D eigenvalue weighted by Crippen LogP contribution is 2.39. The summed E-state index contributed by atoms with van der Waals surface area (Å²) in [6.45, 7) is 4.09. The van der Waals surface area contributed by atoms with Gasteiger partial charge in [-0.1, -0.05) is 71.0 Å². The fourth-order valence-electron chi connectivity index (χ4n) is 2.86. The van der Waals surface area contributed by atoms with Crippen molar-refractivity contribution in [1.82, 2.24) is 15.0 Å². The van der Waals surface area contributed by atoms with Crippen LogP contribution in [0.2, 0.25) is 0 Å². The van der Waals surface area contributed by atoms with Crippen LogP contribution in [-0.4, -0.2) is 20.9 Å². The highest BCUT2D eigenvalue weighted by atomic mass is 32.1. The van der Waals surface area contributed by atoms with E-state index in [0.717, 1.165) is 21.7 Å². The van der Waals surface area contributed by atoms with Crippen molar-refractivity contribution in [1.29, 1.82) is 0 Å². The molecule has 2 heterocycles. The van der Waals surface area contributed by atoms with Crippen LogP contribution >= 0.6 is 11.3 Å². The first kappa shape index (κ1) is 18.8. The van der Waals surface area contributed by atoms with E-state index < -0.39 is 5.91 Å². The van der Waals surface area contributed by atoms with Crippen molar-refractivity contribution in [3.8, 4) is 21.7 Å². The number of hydrogen-bond donors (Lipinski definition) is 2. The van der Waals surface area contributed by atoms with Crippen molar-refractivity contribution in [3.05, 3.63) is 77.7 Å². The summed E-state index contributed by atoms with van der Waals surface area (Å²) in [5.41, 5.74) is 11.1.